The van der Waals surface area contributed by atoms with Crippen LogP contribution < -0.4 is 4.74 Å². The number of aryl methyl sites for hydroxylation is 1. The normalized spacial score (nSPS) is 11.3. The van der Waals surface area contributed by atoms with Gasteiger partial charge in [0.25, 0.3) is 0 Å². The van der Waals surface area contributed by atoms with Crippen LogP contribution in [0.4, 0.5) is 0 Å². The maximum atomic E-state index is 12.3. The Morgan fingerprint density at radius 3 is 2.28 bits per heavy atom. The first-order valence-electron chi connectivity index (χ1n) is 7.89. The van der Waals surface area contributed by atoms with Crippen LogP contribution in [0.1, 0.15) is 35.6 Å². The van der Waals surface area contributed by atoms with Crippen LogP contribution in [0.2, 0.25) is 5.02 Å². The number of hydrogen-bond acceptors (Lipinski definition) is 4. The summed E-state index contributed by atoms with van der Waals surface area (Å²) >= 11 is 5.83. The van der Waals surface area contributed by atoms with Gasteiger partial charge >= 0.3 is 5.97 Å². The molecule has 2 aromatic rings. The average molecular weight is 364 g/mol. The summed E-state index contributed by atoms with van der Waals surface area (Å²) in [6.45, 7) is 6.63. The monoisotopic (exact) mass is 363 g/mol. The number of ketones is 1. The minimum atomic E-state index is -1.23. The summed E-state index contributed by atoms with van der Waals surface area (Å²) in [5.74, 6) is -0.356. The van der Waals surface area contributed by atoms with Gasteiger partial charge in [0.1, 0.15) is 5.75 Å². The minimum Gasteiger partial charge on any atom is -0.476 e. The Balaban J connectivity index is 1.99. The third-order valence-corrected chi connectivity index (χ3v) is 4.34. The Bertz CT molecular complexity index is 791. The van der Waals surface area contributed by atoms with Crippen LogP contribution in [0, 0.1) is 13.8 Å². The fraction of sp³-hybridized carbons (Fsp3) is 0.368. The van der Waals surface area contributed by atoms with Gasteiger partial charge in [0, 0.05) is 29.0 Å². The number of ether oxygens (including phenoxy) is 2. The van der Waals surface area contributed by atoms with Gasteiger partial charge in [-0.2, -0.15) is 0 Å². The number of halogens is 1. The molecule has 0 spiro atoms. The molecule has 0 atom stereocenters. The van der Waals surface area contributed by atoms with Crippen molar-refractivity contribution >= 4 is 23.4 Å². The van der Waals surface area contributed by atoms with Crippen LogP contribution >= 0.6 is 11.6 Å². The standard InChI is InChI=1S/C19H22ClNO4/c1-12-10-16(13(2)21(12)5)17(22)11-24-18(23)19(3,4)25-15-8-6-14(20)7-9-15/h6-10H,11H2,1-5H3. The van der Waals surface area contributed by atoms with Crippen LogP contribution in [0.15, 0.2) is 30.3 Å². The number of hydrogen-bond donors (Lipinski definition) is 0. The van der Waals surface area contributed by atoms with Crippen molar-refractivity contribution < 1.29 is 19.1 Å². The van der Waals surface area contributed by atoms with Crippen molar-refractivity contribution in [1.82, 2.24) is 4.57 Å². The molecule has 2 rings (SSSR count). The van der Waals surface area contributed by atoms with Gasteiger partial charge in [0.05, 0.1) is 0 Å². The second-order valence-corrected chi connectivity index (χ2v) is 6.85. The Hall–Kier alpha value is -2.27. The molecule has 6 heteroatoms. The van der Waals surface area contributed by atoms with Gasteiger partial charge < -0.3 is 14.0 Å². The summed E-state index contributed by atoms with van der Waals surface area (Å²) in [7, 11) is 1.89. The molecule has 0 aliphatic rings. The highest BCUT2D eigenvalue weighted by Gasteiger charge is 2.32. The van der Waals surface area contributed by atoms with Gasteiger partial charge in [0.15, 0.2) is 12.2 Å². The zero-order valence-electron chi connectivity index (χ0n) is 15.1. The SMILES string of the molecule is Cc1cc(C(=O)COC(=O)C(C)(C)Oc2ccc(Cl)cc2)c(C)n1C. The van der Waals surface area contributed by atoms with E-state index in [9.17, 15) is 9.59 Å². The maximum Gasteiger partial charge on any atom is 0.350 e. The average Bonchev–Trinajstić information content (AvgIpc) is 2.81. The zero-order valence-corrected chi connectivity index (χ0v) is 15.8. The van der Waals surface area contributed by atoms with Crippen LogP contribution in [0.3, 0.4) is 0 Å². The summed E-state index contributed by atoms with van der Waals surface area (Å²) in [6, 6.07) is 8.46. The van der Waals surface area contributed by atoms with Crippen LogP contribution in [0.5, 0.6) is 5.75 Å². The largest absolute Gasteiger partial charge is 0.476 e. The summed E-state index contributed by atoms with van der Waals surface area (Å²) in [5, 5.41) is 0.576. The highest BCUT2D eigenvalue weighted by Crippen LogP contribution is 2.22. The molecular formula is C19H22ClNO4. The predicted molar refractivity (Wildman–Crippen MR) is 96.3 cm³/mol. The molecule has 0 aliphatic carbocycles. The minimum absolute atomic E-state index is 0.239. The number of Topliss-reactive ketones (excluding diaryl/α,β-unsaturated/α-hetero) is 1. The third-order valence-electron chi connectivity index (χ3n) is 4.09. The van der Waals surface area contributed by atoms with Gasteiger partial charge in [-0.15, -0.1) is 0 Å². The Morgan fingerprint density at radius 1 is 1.16 bits per heavy atom. The van der Waals surface area contributed by atoms with Crippen molar-refractivity contribution in [1.29, 1.82) is 0 Å². The summed E-state index contributed by atoms with van der Waals surface area (Å²) in [4.78, 5) is 24.6. The number of carbonyl (C=O) groups excluding carboxylic acids is 2. The van der Waals surface area contributed by atoms with Gasteiger partial charge in [-0.1, -0.05) is 11.6 Å². The first-order valence-corrected chi connectivity index (χ1v) is 8.27. The van der Waals surface area contributed by atoms with Crippen molar-refractivity contribution in [3.8, 4) is 5.75 Å². The van der Waals surface area contributed by atoms with Gasteiger partial charge in [-0.25, -0.2) is 4.79 Å². The number of nitrogens with zero attached hydrogens (tertiary/aromatic N) is 1. The van der Waals surface area contributed by atoms with Crippen molar-refractivity contribution in [2.75, 3.05) is 6.61 Å². The van der Waals surface area contributed by atoms with E-state index in [1.807, 2.05) is 25.5 Å². The highest BCUT2D eigenvalue weighted by atomic mass is 35.5. The summed E-state index contributed by atoms with van der Waals surface area (Å²) in [6.07, 6.45) is 0. The van der Waals surface area contributed by atoms with Crippen LogP contribution in [-0.4, -0.2) is 28.5 Å². The molecule has 0 N–H and O–H groups in total. The van der Waals surface area contributed by atoms with Crippen molar-refractivity contribution in [3.05, 3.63) is 52.3 Å². The second kappa shape index (κ2) is 7.31. The molecule has 5 nitrogen and oxygen atoms in total. The topological polar surface area (TPSA) is 57.5 Å². The van der Waals surface area contributed by atoms with Crippen LogP contribution in [-0.2, 0) is 16.6 Å². The zero-order chi connectivity index (χ0) is 18.8. The first-order chi connectivity index (χ1) is 11.6. The van der Waals surface area contributed by atoms with E-state index in [2.05, 4.69) is 0 Å². The summed E-state index contributed by atoms with van der Waals surface area (Å²) < 4.78 is 12.7. The van der Waals surface area contributed by atoms with E-state index in [4.69, 9.17) is 21.1 Å². The lowest BCUT2D eigenvalue weighted by Crippen LogP contribution is -2.40. The Labute approximate surface area is 152 Å². The van der Waals surface area contributed by atoms with E-state index >= 15 is 0 Å². The molecule has 0 fully saturated rings. The molecule has 0 unspecified atom stereocenters. The van der Waals surface area contributed by atoms with E-state index in [-0.39, 0.29) is 12.4 Å². The smallest absolute Gasteiger partial charge is 0.350 e. The predicted octanol–water partition coefficient (Wildman–Crippen LogP) is 3.88. The molecule has 1 aromatic carbocycles. The van der Waals surface area contributed by atoms with Crippen LogP contribution in [0.25, 0.3) is 0 Å². The van der Waals surface area contributed by atoms with Gasteiger partial charge in [0.2, 0.25) is 5.78 Å². The molecule has 0 amide bonds. The van der Waals surface area contributed by atoms with E-state index in [0.717, 1.165) is 11.4 Å². The van der Waals surface area contributed by atoms with Crippen molar-refractivity contribution in [2.45, 2.75) is 33.3 Å². The summed E-state index contributed by atoms with van der Waals surface area (Å²) in [5.41, 5.74) is 1.15. The second-order valence-electron chi connectivity index (χ2n) is 6.41. The number of rotatable bonds is 6. The Kier molecular flexibility index (Phi) is 5.58. The van der Waals surface area contributed by atoms with Gasteiger partial charge in [-0.05, 0) is 58.0 Å². The van der Waals surface area contributed by atoms with E-state index in [0.29, 0.717) is 16.3 Å². The fourth-order valence-corrected chi connectivity index (χ4v) is 2.49. The van der Waals surface area contributed by atoms with E-state index < -0.39 is 11.6 Å². The lowest BCUT2D eigenvalue weighted by atomic mass is 10.1. The molecule has 0 radical (unpaired) electrons. The molecule has 0 saturated carbocycles. The molecule has 0 aliphatic heterocycles. The maximum absolute atomic E-state index is 12.3. The first kappa shape index (κ1) is 19.1. The quantitative estimate of drug-likeness (QED) is 0.577. The number of esters is 1. The lowest BCUT2D eigenvalue weighted by Gasteiger charge is -2.24. The number of carbonyl (C=O) groups is 2. The molecule has 134 valence electrons. The van der Waals surface area contributed by atoms with E-state index in [1.54, 1.807) is 44.2 Å². The number of aromatic nitrogens is 1. The van der Waals surface area contributed by atoms with E-state index in [1.165, 1.54) is 0 Å². The third kappa shape index (κ3) is 4.42. The molecular weight excluding hydrogens is 342 g/mol. The lowest BCUT2D eigenvalue weighted by molar-refractivity contribution is -0.158. The highest BCUT2D eigenvalue weighted by molar-refractivity contribution is 6.30. The van der Waals surface area contributed by atoms with Crippen molar-refractivity contribution in [3.63, 3.8) is 0 Å². The molecule has 0 bridgehead atoms. The molecule has 25 heavy (non-hydrogen) atoms. The molecule has 1 heterocycles. The number of benzene rings is 1. The van der Waals surface area contributed by atoms with Gasteiger partial charge in [-0.3, -0.25) is 4.79 Å². The Morgan fingerprint density at radius 2 is 1.76 bits per heavy atom. The fourth-order valence-electron chi connectivity index (χ4n) is 2.36. The molecule has 1 aromatic heterocycles. The molecule has 0 saturated heterocycles. The van der Waals surface area contributed by atoms with Crippen molar-refractivity contribution in [2.24, 2.45) is 7.05 Å².